The average Bonchev–Trinajstić information content (AvgIpc) is 2.99. The van der Waals surface area contributed by atoms with Gasteiger partial charge in [-0.3, -0.25) is 4.79 Å². The van der Waals surface area contributed by atoms with Gasteiger partial charge in [-0.25, -0.2) is 22.5 Å². The van der Waals surface area contributed by atoms with Crippen LogP contribution in [0.5, 0.6) is 0 Å². The number of halogens is 4. The van der Waals surface area contributed by atoms with E-state index >= 15 is 0 Å². The largest absolute Gasteiger partial charge is 0.417 e. The predicted molar refractivity (Wildman–Crippen MR) is 105 cm³/mol. The van der Waals surface area contributed by atoms with Crippen LogP contribution < -0.4 is 9.62 Å². The van der Waals surface area contributed by atoms with Gasteiger partial charge in [-0.15, -0.1) is 0 Å². The van der Waals surface area contributed by atoms with Crippen LogP contribution in [0.2, 0.25) is 0 Å². The maximum Gasteiger partial charge on any atom is 0.417 e. The molecule has 12 heteroatoms. The van der Waals surface area contributed by atoms with Gasteiger partial charge in [0.25, 0.3) is 5.91 Å². The third-order valence-electron chi connectivity index (χ3n) is 4.93. The number of pyridine rings is 1. The lowest BCUT2D eigenvalue weighted by Gasteiger charge is -2.23. The number of benzene rings is 1. The highest BCUT2D eigenvalue weighted by Crippen LogP contribution is 2.29. The molecule has 0 atom stereocenters. The first kappa shape index (κ1) is 22.9. The Labute approximate surface area is 176 Å². The van der Waals surface area contributed by atoms with Gasteiger partial charge in [0.05, 0.1) is 16.0 Å². The highest BCUT2D eigenvalue weighted by molar-refractivity contribution is 7.89. The first-order chi connectivity index (χ1) is 14.5. The lowest BCUT2D eigenvalue weighted by Crippen LogP contribution is -2.36. The number of aromatic nitrogens is 1. The van der Waals surface area contributed by atoms with Gasteiger partial charge >= 0.3 is 6.18 Å². The van der Waals surface area contributed by atoms with Crippen LogP contribution in [0, 0.1) is 5.82 Å². The van der Waals surface area contributed by atoms with E-state index in [2.05, 4.69) is 9.71 Å². The highest BCUT2D eigenvalue weighted by Gasteiger charge is 2.31. The van der Waals surface area contributed by atoms with Crippen molar-refractivity contribution in [2.24, 2.45) is 0 Å². The SMILES string of the molecule is CNS(=O)(=O)c1ccc(F)c(C(=O)N2CCCN(c3ccc(C(F)(F)F)cn3)CC2)c1. The minimum absolute atomic E-state index is 0.171. The number of carbonyl (C=O) groups is 1. The van der Waals surface area contributed by atoms with Crippen LogP contribution in [0.25, 0.3) is 0 Å². The maximum absolute atomic E-state index is 14.3. The Balaban J connectivity index is 1.75. The molecule has 0 unspecified atom stereocenters. The smallest absolute Gasteiger partial charge is 0.355 e. The molecule has 1 aliphatic rings. The molecule has 0 saturated carbocycles. The van der Waals surface area contributed by atoms with Gasteiger partial charge in [0.2, 0.25) is 10.0 Å². The molecule has 1 aromatic carbocycles. The molecular formula is C19H20F4N4O3S. The Hall–Kier alpha value is -2.73. The summed E-state index contributed by atoms with van der Waals surface area (Å²) < 4.78 is 78.5. The van der Waals surface area contributed by atoms with Crippen molar-refractivity contribution in [3.63, 3.8) is 0 Å². The van der Waals surface area contributed by atoms with Crippen molar-refractivity contribution in [1.29, 1.82) is 0 Å². The minimum Gasteiger partial charge on any atom is -0.355 e. The van der Waals surface area contributed by atoms with Gasteiger partial charge in [0.1, 0.15) is 11.6 Å². The number of alkyl halides is 3. The van der Waals surface area contributed by atoms with E-state index in [-0.39, 0.29) is 30.1 Å². The Morgan fingerprint density at radius 1 is 1.10 bits per heavy atom. The summed E-state index contributed by atoms with van der Waals surface area (Å²) in [4.78, 5) is 19.6. The maximum atomic E-state index is 14.3. The summed E-state index contributed by atoms with van der Waals surface area (Å²) >= 11 is 0. The molecule has 1 N–H and O–H groups in total. The second kappa shape index (κ2) is 8.79. The summed E-state index contributed by atoms with van der Waals surface area (Å²) in [6, 6.07) is 5.20. The van der Waals surface area contributed by atoms with Crippen LogP contribution in [-0.4, -0.2) is 57.4 Å². The summed E-state index contributed by atoms with van der Waals surface area (Å²) in [7, 11) is -2.64. The van der Waals surface area contributed by atoms with Crippen LogP contribution in [0.3, 0.4) is 0 Å². The number of carbonyl (C=O) groups excluding carboxylic acids is 1. The Bertz CT molecular complexity index is 1060. The number of nitrogens with one attached hydrogen (secondary N) is 1. The van der Waals surface area contributed by atoms with E-state index in [9.17, 15) is 30.8 Å². The molecule has 0 radical (unpaired) electrons. The standard InChI is InChI=1S/C19H20F4N4O3S/c1-24-31(29,30)14-4-5-16(20)15(11-14)18(28)27-8-2-7-26(9-10-27)17-6-3-13(12-25-17)19(21,22)23/h3-6,11-12,24H,2,7-10H2,1H3. The van der Waals surface area contributed by atoms with Crippen LogP contribution in [-0.2, 0) is 16.2 Å². The van der Waals surface area contributed by atoms with E-state index in [4.69, 9.17) is 0 Å². The molecule has 7 nitrogen and oxygen atoms in total. The molecule has 1 fully saturated rings. The fourth-order valence-corrected chi connectivity index (χ4v) is 3.97. The van der Waals surface area contributed by atoms with Crippen molar-refractivity contribution in [1.82, 2.24) is 14.6 Å². The van der Waals surface area contributed by atoms with Crippen molar-refractivity contribution < 1.29 is 30.8 Å². The van der Waals surface area contributed by atoms with E-state index in [0.29, 0.717) is 18.8 Å². The second-order valence-corrected chi connectivity index (χ2v) is 8.77. The third-order valence-corrected chi connectivity index (χ3v) is 6.34. The molecule has 1 saturated heterocycles. The molecule has 0 bridgehead atoms. The zero-order valence-electron chi connectivity index (χ0n) is 16.5. The summed E-state index contributed by atoms with van der Waals surface area (Å²) in [5.41, 5.74) is -1.22. The van der Waals surface area contributed by atoms with E-state index < -0.39 is 33.5 Å². The minimum atomic E-state index is -4.48. The zero-order valence-corrected chi connectivity index (χ0v) is 17.3. The van der Waals surface area contributed by atoms with Crippen LogP contribution in [0.15, 0.2) is 41.4 Å². The lowest BCUT2D eigenvalue weighted by molar-refractivity contribution is -0.137. The number of hydrogen-bond acceptors (Lipinski definition) is 5. The van der Waals surface area contributed by atoms with E-state index in [1.54, 1.807) is 4.90 Å². The third kappa shape index (κ3) is 5.13. The molecule has 1 aromatic heterocycles. The summed E-state index contributed by atoms with van der Waals surface area (Å²) in [5, 5.41) is 0. The van der Waals surface area contributed by atoms with Gasteiger partial charge in [-0.1, -0.05) is 0 Å². The molecular weight excluding hydrogens is 440 g/mol. The Kier molecular flexibility index (Phi) is 6.51. The lowest BCUT2D eigenvalue weighted by atomic mass is 10.2. The van der Waals surface area contributed by atoms with Crippen molar-refractivity contribution in [2.45, 2.75) is 17.5 Å². The quantitative estimate of drug-likeness (QED) is 0.709. The summed E-state index contributed by atoms with van der Waals surface area (Å²) in [6.07, 6.45) is -3.25. The Morgan fingerprint density at radius 3 is 2.45 bits per heavy atom. The van der Waals surface area contributed by atoms with Gasteiger partial charge in [0.15, 0.2) is 0 Å². The second-order valence-electron chi connectivity index (χ2n) is 6.88. The molecule has 1 aliphatic heterocycles. The normalized spacial score (nSPS) is 15.6. The molecule has 0 aliphatic carbocycles. The predicted octanol–water partition coefficient (Wildman–Crippen LogP) is 2.50. The molecule has 2 aromatic rings. The Morgan fingerprint density at radius 2 is 1.84 bits per heavy atom. The molecule has 1 amide bonds. The van der Waals surface area contributed by atoms with Gasteiger partial charge in [-0.2, -0.15) is 13.2 Å². The van der Waals surface area contributed by atoms with Crippen molar-refractivity contribution in [2.75, 3.05) is 38.1 Å². The zero-order chi connectivity index (χ0) is 22.8. The van der Waals surface area contributed by atoms with E-state index in [1.165, 1.54) is 18.0 Å². The molecule has 168 valence electrons. The highest BCUT2D eigenvalue weighted by atomic mass is 32.2. The summed E-state index contributed by atoms with van der Waals surface area (Å²) in [5.74, 6) is -1.16. The molecule has 0 spiro atoms. The first-order valence-electron chi connectivity index (χ1n) is 9.33. The molecule has 2 heterocycles. The van der Waals surface area contributed by atoms with E-state index in [1.807, 2.05) is 0 Å². The number of sulfonamides is 1. The monoisotopic (exact) mass is 460 g/mol. The van der Waals surface area contributed by atoms with Crippen molar-refractivity contribution in [3.8, 4) is 0 Å². The van der Waals surface area contributed by atoms with Gasteiger partial charge < -0.3 is 9.80 Å². The van der Waals surface area contributed by atoms with Crippen molar-refractivity contribution in [3.05, 3.63) is 53.5 Å². The average molecular weight is 460 g/mol. The number of amides is 1. The van der Waals surface area contributed by atoms with Crippen LogP contribution in [0.1, 0.15) is 22.3 Å². The van der Waals surface area contributed by atoms with Crippen LogP contribution in [0.4, 0.5) is 23.4 Å². The van der Waals surface area contributed by atoms with Gasteiger partial charge in [-0.05, 0) is 43.8 Å². The molecule has 31 heavy (non-hydrogen) atoms. The van der Waals surface area contributed by atoms with Crippen molar-refractivity contribution >= 4 is 21.7 Å². The fourth-order valence-electron chi connectivity index (χ4n) is 3.21. The van der Waals surface area contributed by atoms with Crippen LogP contribution >= 0.6 is 0 Å². The topological polar surface area (TPSA) is 82.6 Å². The number of rotatable bonds is 4. The molecule has 3 rings (SSSR count). The summed E-state index contributed by atoms with van der Waals surface area (Å²) in [6.45, 7) is 1.17. The number of nitrogens with zero attached hydrogens (tertiary/aromatic N) is 3. The fraction of sp³-hybridized carbons (Fsp3) is 0.368. The first-order valence-corrected chi connectivity index (χ1v) is 10.8. The number of anilines is 1. The number of hydrogen-bond donors (Lipinski definition) is 1. The van der Waals surface area contributed by atoms with E-state index in [0.717, 1.165) is 30.5 Å². The van der Waals surface area contributed by atoms with Gasteiger partial charge in [0, 0.05) is 32.4 Å².